The Labute approximate surface area is 109 Å². The maximum absolute atomic E-state index is 8.77. The Morgan fingerprint density at radius 2 is 2.18 bits per heavy atom. The van der Waals surface area contributed by atoms with E-state index in [0.29, 0.717) is 10.6 Å². The van der Waals surface area contributed by atoms with Crippen LogP contribution < -0.4 is 5.32 Å². The molecule has 0 atom stereocenters. The van der Waals surface area contributed by atoms with Crippen LogP contribution in [0, 0.1) is 25.2 Å². The van der Waals surface area contributed by atoms with Gasteiger partial charge in [-0.2, -0.15) is 5.26 Å². The zero-order valence-electron chi connectivity index (χ0n) is 9.41. The van der Waals surface area contributed by atoms with Gasteiger partial charge in [-0.25, -0.2) is 4.98 Å². The number of anilines is 2. The van der Waals surface area contributed by atoms with Crippen molar-refractivity contribution in [2.75, 3.05) is 5.32 Å². The van der Waals surface area contributed by atoms with Crippen molar-refractivity contribution < 1.29 is 0 Å². The molecule has 0 unspecified atom stereocenters. The number of aromatic nitrogens is 1. The summed E-state index contributed by atoms with van der Waals surface area (Å²) in [5.74, 6) is 0. The first kappa shape index (κ1) is 11.9. The second-order valence-corrected chi connectivity index (χ2v) is 5.20. The average Bonchev–Trinajstić information content (AvgIpc) is 2.58. The van der Waals surface area contributed by atoms with E-state index in [2.05, 4.69) is 10.3 Å². The summed E-state index contributed by atoms with van der Waals surface area (Å²) in [5, 5.41) is 13.2. The SMILES string of the molecule is Cc1nc(Nc2ccc(C#N)c(Cl)c2)sc1C. The Morgan fingerprint density at radius 1 is 1.41 bits per heavy atom. The van der Waals surface area contributed by atoms with E-state index in [1.165, 1.54) is 4.88 Å². The highest BCUT2D eigenvalue weighted by atomic mass is 35.5. The lowest BCUT2D eigenvalue weighted by atomic mass is 10.2. The number of nitrogens with zero attached hydrogens (tertiary/aromatic N) is 2. The van der Waals surface area contributed by atoms with Crippen LogP contribution in [0.15, 0.2) is 18.2 Å². The molecule has 0 amide bonds. The third-order valence-corrected chi connectivity index (χ3v) is 3.67. The van der Waals surface area contributed by atoms with Gasteiger partial charge in [-0.1, -0.05) is 11.6 Å². The van der Waals surface area contributed by atoms with Gasteiger partial charge in [-0.3, -0.25) is 0 Å². The van der Waals surface area contributed by atoms with E-state index in [1.54, 1.807) is 23.5 Å². The fourth-order valence-corrected chi connectivity index (χ4v) is 2.39. The molecule has 1 aromatic heterocycles. The van der Waals surface area contributed by atoms with E-state index < -0.39 is 0 Å². The van der Waals surface area contributed by atoms with Crippen LogP contribution in [0.2, 0.25) is 5.02 Å². The van der Waals surface area contributed by atoms with Crippen molar-refractivity contribution in [1.29, 1.82) is 5.26 Å². The van der Waals surface area contributed by atoms with Crippen molar-refractivity contribution in [1.82, 2.24) is 4.98 Å². The highest BCUT2D eigenvalue weighted by Gasteiger charge is 2.05. The number of hydrogen-bond donors (Lipinski definition) is 1. The molecule has 0 aliphatic heterocycles. The van der Waals surface area contributed by atoms with Gasteiger partial charge in [0.2, 0.25) is 0 Å². The van der Waals surface area contributed by atoms with Crippen LogP contribution in [0.25, 0.3) is 0 Å². The van der Waals surface area contributed by atoms with Crippen LogP contribution in [0.3, 0.4) is 0 Å². The molecule has 0 aliphatic rings. The fourth-order valence-electron chi connectivity index (χ4n) is 1.33. The summed E-state index contributed by atoms with van der Waals surface area (Å²) in [7, 11) is 0. The molecular formula is C12H10ClN3S. The summed E-state index contributed by atoms with van der Waals surface area (Å²) in [5.41, 5.74) is 2.34. The van der Waals surface area contributed by atoms with E-state index in [1.807, 2.05) is 26.0 Å². The third-order valence-electron chi connectivity index (χ3n) is 2.37. The first-order valence-corrected chi connectivity index (χ1v) is 6.20. The number of rotatable bonds is 2. The minimum atomic E-state index is 0.447. The summed E-state index contributed by atoms with van der Waals surface area (Å²) >= 11 is 7.55. The number of nitriles is 1. The smallest absolute Gasteiger partial charge is 0.187 e. The minimum Gasteiger partial charge on any atom is -0.331 e. The zero-order chi connectivity index (χ0) is 12.4. The fraction of sp³-hybridized carbons (Fsp3) is 0.167. The third kappa shape index (κ3) is 2.57. The molecule has 0 aliphatic carbocycles. The molecule has 1 heterocycles. The lowest BCUT2D eigenvalue weighted by Crippen LogP contribution is -1.90. The molecule has 0 bridgehead atoms. The van der Waals surface area contributed by atoms with Crippen LogP contribution in [-0.4, -0.2) is 4.98 Å². The van der Waals surface area contributed by atoms with Crippen molar-refractivity contribution in [3.63, 3.8) is 0 Å². The quantitative estimate of drug-likeness (QED) is 0.890. The minimum absolute atomic E-state index is 0.447. The van der Waals surface area contributed by atoms with Gasteiger partial charge in [0, 0.05) is 10.6 Å². The molecule has 86 valence electrons. The molecule has 0 radical (unpaired) electrons. The van der Waals surface area contributed by atoms with Crippen molar-refractivity contribution in [3.8, 4) is 6.07 Å². The number of aryl methyl sites for hydroxylation is 2. The van der Waals surface area contributed by atoms with E-state index in [9.17, 15) is 0 Å². The predicted molar refractivity (Wildman–Crippen MR) is 71.0 cm³/mol. The van der Waals surface area contributed by atoms with Gasteiger partial charge in [0.1, 0.15) is 6.07 Å². The molecular weight excluding hydrogens is 254 g/mol. The topological polar surface area (TPSA) is 48.7 Å². The van der Waals surface area contributed by atoms with Crippen molar-refractivity contribution in [3.05, 3.63) is 39.4 Å². The molecule has 3 nitrogen and oxygen atoms in total. The highest BCUT2D eigenvalue weighted by molar-refractivity contribution is 7.15. The summed E-state index contributed by atoms with van der Waals surface area (Å²) in [6, 6.07) is 7.26. The van der Waals surface area contributed by atoms with Crippen LogP contribution in [0.5, 0.6) is 0 Å². The Kier molecular flexibility index (Phi) is 3.32. The van der Waals surface area contributed by atoms with Gasteiger partial charge in [-0.05, 0) is 32.0 Å². The normalized spacial score (nSPS) is 10.0. The van der Waals surface area contributed by atoms with Gasteiger partial charge >= 0.3 is 0 Å². The Hall–Kier alpha value is -1.57. The summed E-state index contributed by atoms with van der Waals surface area (Å²) in [6.45, 7) is 4.01. The Morgan fingerprint density at radius 3 is 2.71 bits per heavy atom. The zero-order valence-corrected chi connectivity index (χ0v) is 11.0. The maximum Gasteiger partial charge on any atom is 0.187 e. The lowest BCUT2D eigenvalue weighted by Gasteiger charge is -2.03. The van der Waals surface area contributed by atoms with Crippen molar-refractivity contribution in [2.45, 2.75) is 13.8 Å². The van der Waals surface area contributed by atoms with E-state index in [4.69, 9.17) is 16.9 Å². The lowest BCUT2D eigenvalue weighted by molar-refractivity contribution is 1.23. The Bertz CT molecular complexity index is 579. The van der Waals surface area contributed by atoms with E-state index in [-0.39, 0.29) is 0 Å². The van der Waals surface area contributed by atoms with Crippen LogP contribution in [0.1, 0.15) is 16.1 Å². The summed E-state index contributed by atoms with van der Waals surface area (Å²) < 4.78 is 0. The van der Waals surface area contributed by atoms with Crippen molar-refractivity contribution >= 4 is 33.8 Å². The average molecular weight is 264 g/mol. The predicted octanol–water partition coefficient (Wildman–Crippen LogP) is 4.03. The second-order valence-electron chi connectivity index (χ2n) is 3.59. The molecule has 0 saturated carbocycles. The Balaban J connectivity index is 2.25. The molecule has 0 fully saturated rings. The first-order chi connectivity index (χ1) is 8.10. The van der Waals surface area contributed by atoms with Gasteiger partial charge in [0.05, 0.1) is 16.3 Å². The molecule has 1 aromatic carbocycles. The second kappa shape index (κ2) is 4.74. The van der Waals surface area contributed by atoms with Gasteiger partial charge < -0.3 is 5.32 Å². The largest absolute Gasteiger partial charge is 0.331 e. The molecule has 0 spiro atoms. The summed E-state index contributed by atoms with van der Waals surface area (Å²) in [4.78, 5) is 5.56. The number of halogens is 1. The molecule has 2 aromatic rings. The number of benzene rings is 1. The number of hydrogen-bond acceptors (Lipinski definition) is 4. The molecule has 17 heavy (non-hydrogen) atoms. The van der Waals surface area contributed by atoms with Crippen LogP contribution in [-0.2, 0) is 0 Å². The van der Waals surface area contributed by atoms with Gasteiger partial charge in [-0.15, -0.1) is 11.3 Å². The highest BCUT2D eigenvalue weighted by Crippen LogP contribution is 2.27. The van der Waals surface area contributed by atoms with Crippen LogP contribution >= 0.6 is 22.9 Å². The maximum atomic E-state index is 8.77. The molecule has 1 N–H and O–H groups in total. The molecule has 5 heteroatoms. The van der Waals surface area contributed by atoms with Gasteiger partial charge in [0.25, 0.3) is 0 Å². The molecule has 2 rings (SSSR count). The van der Waals surface area contributed by atoms with E-state index in [0.717, 1.165) is 16.5 Å². The number of thiazole rings is 1. The first-order valence-electron chi connectivity index (χ1n) is 5.01. The standard InChI is InChI=1S/C12H10ClN3S/c1-7-8(2)17-12(15-7)16-10-4-3-9(6-14)11(13)5-10/h3-5H,1-2H3,(H,15,16). The van der Waals surface area contributed by atoms with Crippen LogP contribution in [0.4, 0.5) is 10.8 Å². The van der Waals surface area contributed by atoms with Crippen molar-refractivity contribution in [2.24, 2.45) is 0 Å². The number of nitrogens with one attached hydrogen (secondary N) is 1. The monoisotopic (exact) mass is 263 g/mol. The summed E-state index contributed by atoms with van der Waals surface area (Å²) in [6.07, 6.45) is 0. The van der Waals surface area contributed by atoms with Gasteiger partial charge in [0.15, 0.2) is 5.13 Å². The van der Waals surface area contributed by atoms with E-state index >= 15 is 0 Å². The molecule has 0 saturated heterocycles.